The van der Waals surface area contributed by atoms with Crippen molar-refractivity contribution in [2.75, 3.05) is 6.54 Å². The average molecular weight is 129 g/mol. The Bertz CT molecular complexity index is 92.9. The summed E-state index contributed by atoms with van der Waals surface area (Å²) in [7, 11) is 0. The summed E-state index contributed by atoms with van der Waals surface area (Å²) in [4.78, 5) is 0. The van der Waals surface area contributed by atoms with Crippen LogP contribution in [0.3, 0.4) is 0 Å². The molecule has 0 bridgehead atoms. The summed E-state index contributed by atoms with van der Waals surface area (Å²) in [5.74, 6) is 1.08. The van der Waals surface area contributed by atoms with E-state index in [1.807, 2.05) is 0 Å². The largest absolute Gasteiger partial charge is 0.378 e. The molecule has 54 valence electrons. The van der Waals surface area contributed by atoms with Crippen LogP contribution in [0.1, 0.15) is 20.3 Å². The monoisotopic (exact) mass is 129 g/mol. The summed E-state index contributed by atoms with van der Waals surface area (Å²) >= 11 is 0. The number of rotatable bonds is 1. The molecule has 1 saturated heterocycles. The first kappa shape index (κ1) is 7.03. The predicted molar refractivity (Wildman–Crippen MR) is 37.0 cm³/mol. The summed E-state index contributed by atoms with van der Waals surface area (Å²) in [6, 6.07) is 0. The van der Waals surface area contributed by atoms with Gasteiger partial charge in [0.15, 0.2) is 0 Å². The standard InChI is InChI=1S/C7H15NO/c1-5(2)6-3-4-8-7(6)9/h5-9H,3-4H2,1-2H3. The summed E-state index contributed by atoms with van der Waals surface area (Å²) < 4.78 is 0. The molecule has 0 aromatic carbocycles. The van der Waals surface area contributed by atoms with E-state index in [0.717, 1.165) is 13.0 Å². The molecule has 1 aliphatic rings. The van der Waals surface area contributed by atoms with Crippen LogP contribution in [0.2, 0.25) is 0 Å². The van der Waals surface area contributed by atoms with Gasteiger partial charge in [-0.3, -0.25) is 5.32 Å². The van der Waals surface area contributed by atoms with Gasteiger partial charge in [0.1, 0.15) is 6.23 Å². The number of aliphatic hydroxyl groups excluding tert-OH is 1. The number of hydrogen-bond donors (Lipinski definition) is 2. The van der Waals surface area contributed by atoms with E-state index in [4.69, 9.17) is 0 Å². The molecular weight excluding hydrogens is 114 g/mol. The summed E-state index contributed by atoms with van der Waals surface area (Å²) in [6.07, 6.45) is 0.878. The van der Waals surface area contributed by atoms with E-state index in [-0.39, 0.29) is 6.23 Å². The van der Waals surface area contributed by atoms with Crippen LogP contribution in [0.5, 0.6) is 0 Å². The molecule has 2 unspecified atom stereocenters. The zero-order chi connectivity index (χ0) is 6.85. The smallest absolute Gasteiger partial charge is 0.108 e. The Labute approximate surface area is 56.3 Å². The molecule has 0 spiro atoms. The molecule has 0 aliphatic carbocycles. The highest BCUT2D eigenvalue weighted by Gasteiger charge is 2.26. The van der Waals surface area contributed by atoms with Crippen molar-refractivity contribution >= 4 is 0 Å². The Morgan fingerprint density at radius 1 is 1.56 bits per heavy atom. The third-order valence-electron chi connectivity index (χ3n) is 2.09. The van der Waals surface area contributed by atoms with Crippen molar-refractivity contribution in [1.82, 2.24) is 5.32 Å². The van der Waals surface area contributed by atoms with Crippen LogP contribution in [0.25, 0.3) is 0 Å². The minimum Gasteiger partial charge on any atom is -0.378 e. The van der Waals surface area contributed by atoms with E-state index in [9.17, 15) is 5.11 Å². The van der Waals surface area contributed by atoms with E-state index in [2.05, 4.69) is 19.2 Å². The van der Waals surface area contributed by atoms with E-state index in [1.54, 1.807) is 0 Å². The summed E-state index contributed by atoms with van der Waals surface area (Å²) in [5.41, 5.74) is 0. The normalized spacial score (nSPS) is 36.0. The number of hydrogen-bond acceptors (Lipinski definition) is 2. The predicted octanol–water partition coefficient (Wildman–Crippen LogP) is 0.570. The topological polar surface area (TPSA) is 32.3 Å². The molecule has 1 rings (SSSR count). The lowest BCUT2D eigenvalue weighted by molar-refractivity contribution is 0.0899. The van der Waals surface area contributed by atoms with Gasteiger partial charge in [-0.2, -0.15) is 0 Å². The van der Waals surface area contributed by atoms with E-state index < -0.39 is 0 Å². The van der Waals surface area contributed by atoms with Gasteiger partial charge in [-0.25, -0.2) is 0 Å². The highest BCUT2D eigenvalue weighted by Crippen LogP contribution is 2.21. The molecule has 2 atom stereocenters. The van der Waals surface area contributed by atoms with Crippen LogP contribution >= 0.6 is 0 Å². The highest BCUT2D eigenvalue weighted by atomic mass is 16.3. The summed E-state index contributed by atoms with van der Waals surface area (Å²) in [5, 5.41) is 12.3. The fourth-order valence-electron chi connectivity index (χ4n) is 1.41. The van der Waals surface area contributed by atoms with Crippen molar-refractivity contribution in [3.8, 4) is 0 Å². The van der Waals surface area contributed by atoms with Crippen molar-refractivity contribution in [3.63, 3.8) is 0 Å². The van der Waals surface area contributed by atoms with Gasteiger partial charge in [0, 0.05) is 5.92 Å². The average Bonchev–Trinajstić information content (AvgIpc) is 2.13. The maximum Gasteiger partial charge on any atom is 0.108 e. The van der Waals surface area contributed by atoms with E-state index in [1.165, 1.54) is 0 Å². The Morgan fingerprint density at radius 2 is 2.22 bits per heavy atom. The Hall–Kier alpha value is -0.0800. The van der Waals surface area contributed by atoms with Crippen LogP contribution in [-0.2, 0) is 0 Å². The van der Waals surface area contributed by atoms with Gasteiger partial charge in [-0.15, -0.1) is 0 Å². The third-order valence-corrected chi connectivity index (χ3v) is 2.09. The second-order valence-corrected chi connectivity index (χ2v) is 3.10. The van der Waals surface area contributed by atoms with Crippen LogP contribution in [0, 0.1) is 11.8 Å². The quantitative estimate of drug-likeness (QED) is 0.542. The minimum absolute atomic E-state index is 0.245. The van der Waals surface area contributed by atoms with Crippen LogP contribution in [0.15, 0.2) is 0 Å². The van der Waals surface area contributed by atoms with E-state index in [0.29, 0.717) is 11.8 Å². The van der Waals surface area contributed by atoms with Gasteiger partial charge in [-0.05, 0) is 18.9 Å². The van der Waals surface area contributed by atoms with Gasteiger partial charge in [0.05, 0.1) is 0 Å². The first-order valence-corrected chi connectivity index (χ1v) is 3.63. The highest BCUT2D eigenvalue weighted by molar-refractivity contribution is 4.77. The van der Waals surface area contributed by atoms with Gasteiger partial charge >= 0.3 is 0 Å². The van der Waals surface area contributed by atoms with Crippen LogP contribution in [0.4, 0.5) is 0 Å². The summed E-state index contributed by atoms with van der Waals surface area (Å²) in [6.45, 7) is 5.28. The van der Waals surface area contributed by atoms with Gasteiger partial charge in [-0.1, -0.05) is 13.8 Å². The molecule has 0 amide bonds. The SMILES string of the molecule is CC(C)C1CCNC1O. The Morgan fingerprint density at radius 3 is 2.44 bits per heavy atom. The zero-order valence-corrected chi connectivity index (χ0v) is 6.09. The minimum atomic E-state index is -0.245. The lowest BCUT2D eigenvalue weighted by atomic mass is 9.94. The first-order valence-electron chi connectivity index (χ1n) is 3.63. The molecule has 0 aromatic rings. The Balaban J connectivity index is 2.40. The second kappa shape index (κ2) is 2.67. The molecule has 9 heavy (non-hydrogen) atoms. The van der Waals surface area contributed by atoms with Crippen molar-refractivity contribution in [3.05, 3.63) is 0 Å². The molecule has 2 N–H and O–H groups in total. The van der Waals surface area contributed by atoms with Gasteiger partial charge in [0.2, 0.25) is 0 Å². The molecule has 2 heteroatoms. The molecule has 1 heterocycles. The molecule has 1 aliphatic heterocycles. The fourth-order valence-corrected chi connectivity index (χ4v) is 1.41. The van der Waals surface area contributed by atoms with Crippen molar-refractivity contribution in [1.29, 1.82) is 0 Å². The molecule has 0 radical (unpaired) electrons. The second-order valence-electron chi connectivity index (χ2n) is 3.10. The zero-order valence-electron chi connectivity index (χ0n) is 6.09. The molecular formula is C7H15NO. The van der Waals surface area contributed by atoms with Crippen molar-refractivity contribution < 1.29 is 5.11 Å². The van der Waals surface area contributed by atoms with Crippen LogP contribution in [-0.4, -0.2) is 17.9 Å². The number of nitrogens with one attached hydrogen (secondary N) is 1. The lowest BCUT2D eigenvalue weighted by Crippen LogP contribution is -2.28. The molecule has 1 fully saturated rings. The van der Waals surface area contributed by atoms with E-state index >= 15 is 0 Å². The fraction of sp³-hybridized carbons (Fsp3) is 1.00. The van der Waals surface area contributed by atoms with Gasteiger partial charge in [0.25, 0.3) is 0 Å². The van der Waals surface area contributed by atoms with Crippen molar-refractivity contribution in [2.24, 2.45) is 11.8 Å². The third kappa shape index (κ3) is 1.43. The molecule has 0 saturated carbocycles. The van der Waals surface area contributed by atoms with Crippen molar-refractivity contribution in [2.45, 2.75) is 26.5 Å². The lowest BCUT2D eigenvalue weighted by Gasteiger charge is -2.16. The molecule has 0 aromatic heterocycles. The first-order chi connectivity index (χ1) is 4.22. The van der Waals surface area contributed by atoms with Gasteiger partial charge < -0.3 is 5.11 Å². The maximum atomic E-state index is 9.25. The number of aliphatic hydroxyl groups is 1. The Kier molecular flexibility index (Phi) is 2.09. The maximum absolute atomic E-state index is 9.25. The molecule has 2 nitrogen and oxygen atoms in total. The van der Waals surface area contributed by atoms with Crippen LogP contribution < -0.4 is 5.32 Å².